The molecule has 0 saturated carbocycles. The van der Waals surface area contributed by atoms with E-state index >= 15 is 0 Å². The molecule has 0 bridgehead atoms. The zero-order valence-electron chi connectivity index (χ0n) is 13.6. The van der Waals surface area contributed by atoms with Crippen LogP contribution in [0, 0.1) is 0 Å². The van der Waals surface area contributed by atoms with Crippen LogP contribution in [-0.2, 0) is 9.53 Å². The minimum Gasteiger partial charge on any atom is -0.494 e. The molecule has 126 valence electrons. The van der Waals surface area contributed by atoms with E-state index in [0.717, 1.165) is 5.75 Å². The number of carbonyl (C=O) groups excluding carboxylic acids is 2. The Balaban J connectivity index is 1.76. The van der Waals surface area contributed by atoms with Crippen molar-refractivity contribution >= 4 is 11.9 Å². The maximum absolute atomic E-state index is 11.8. The standard InChI is InChI=1S/C19H20O5/c1-2-22-19(21)15-8-6-11-17(14-15)24-18(20)12-7-13-23-16-9-4-3-5-10-16/h3-6,8-11,14H,2,7,12-13H2,1H3. The summed E-state index contributed by atoms with van der Waals surface area (Å²) < 4.78 is 15.7. The highest BCUT2D eigenvalue weighted by Gasteiger charge is 2.10. The van der Waals surface area contributed by atoms with E-state index in [2.05, 4.69) is 0 Å². The minimum atomic E-state index is -0.438. The van der Waals surface area contributed by atoms with Crippen LogP contribution in [0.5, 0.6) is 11.5 Å². The first-order valence-electron chi connectivity index (χ1n) is 7.84. The highest BCUT2D eigenvalue weighted by Crippen LogP contribution is 2.15. The second kappa shape index (κ2) is 9.35. The van der Waals surface area contributed by atoms with Gasteiger partial charge < -0.3 is 14.2 Å². The fraction of sp³-hybridized carbons (Fsp3) is 0.263. The van der Waals surface area contributed by atoms with Crippen molar-refractivity contribution in [2.75, 3.05) is 13.2 Å². The Kier molecular flexibility index (Phi) is 6.83. The molecule has 2 rings (SSSR count). The van der Waals surface area contributed by atoms with Gasteiger partial charge in [-0.15, -0.1) is 0 Å². The fourth-order valence-electron chi connectivity index (χ4n) is 2.01. The molecule has 0 heterocycles. The highest BCUT2D eigenvalue weighted by molar-refractivity contribution is 5.90. The lowest BCUT2D eigenvalue weighted by Gasteiger charge is -2.07. The largest absolute Gasteiger partial charge is 0.494 e. The fourth-order valence-corrected chi connectivity index (χ4v) is 2.01. The van der Waals surface area contributed by atoms with Gasteiger partial charge >= 0.3 is 11.9 Å². The highest BCUT2D eigenvalue weighted by atomic mass is 16.5. The van der Waals surface area contributed by atoms with Crippen molar-refractivity contribution in [2.24, 2.45) is 0 Å². The molecule has 0 fully saturated rings. The molecule has 0 radical (unpaired) electrons. The molecular weight excluding hydrogens is 308 g/mol. The van der Waals surface area contributed by atoms with Crippen LogP contribution < -0.4 is 9.47 Å². The summed E-state index contributed by atoms with van der Waals surface area (Å²) in [6.45, 7) is 2.46. The first kappa shape index (κ1) is 17.5. The van der Waals surface area contributed by atoms with Crippen molar-refractivity contribution in [3.05, 3.63) is 60.2 Å². The Hall–Kier alpha value is -2.82. The number of para-hydroxylation sites is 1. The third-order valence-corrected chi connectivity index (χ3v) is 3.11. The van der Waals surface area contributed by atoms with Crippen molar-refractivity contribution in [1.82, 2.24) is 0 Å². The first-order valence-corrected chi connectivity index (χ1v) is 7.84. The van der Waals surface area contributed by atoms with Crippen molar-refractivity contribution in [2.45, 2.75) is 19.8 Å². The molecule has 0 aliphatic rings. The first-order chi connectivity index (χ1) is 11.7. The molecule has 0 unspecified atom stereocenters. The van der Waals surface area contributed by atoms with Crippen LogP contribution in [0.15, 0.2) is 54.6 Å². The number of carbonyl (C=O) groups is 2. The summed E-state index contributed by atoms with van der Waals surface area (Å²) in [4.78, 5) is 23.5. The third-order valence-electron chi connectivity index (χ3n) is 3.11. The van der Waals surface area contributed by atoms with Gasteiger partial charge in [0.25, 0.3) is 0 Å². The van der Waals surface area contributed by atoms with Gasteiger partial charge in [-0.2, -0.15) is 0 Å². The van der Waals surface area contributed by atoms with Crippen LogP contribution in [-0.4, -0.2) is 25.2 Å². The van der Waals surface area contributed by atoms with Crippen LogP contribution in [0.1, 0.15) is 30.1 Å². The van der Waals surface area contributed by atoms with Gasteiger partial charge in [-0.3, -0.25) is 4.79 Å². The molecule has 2 aromatic rings. The Morgan fingerprint density at radius 3 is 2.46 bits per heavy atom. The summed E-state index contributed by atoms with van der Waals surface area (Å²) in [6, 6.07) is 15.8. The Morgan fingerprint density at radius 2 is 1.71 bits per heavy atom. The second-order valence-electron chi connectivity index (χ2n) is 4.99. The summed E-state index contributed by atoms with van der Waals surface area (Å²) in [5.74, 6) is 0.293. The minimum absolute atomic E-state index is 0.233. The smallest absolute Gasteiger partial charge is 0.338 e. The molecule has 0 amide bonds. The maximum atomic E-state index is 11.8. The second-order valence-corrected chi connectivity index (χ2v) is 4.99. The average molecular weight is 328 g/mol. The van der Waals surface area contributed by atoms with Crippen molar-refractivity contribution in [1.29, 1.82) is 0 Å². The van der Waals surface area contributed by atoms with E-state index in [1.807, 2.05) is 30.3 Å². The van der Waals surface area contributed by atoms with Gasteiger partial charge in [-0.25, -0.2) is 4.79 Å². The predicted molar refractivity (Wildman–Crippen MR) is 89.2 cm³/mol. The molecule has 5 heteroatoms. The van der Waals surface area contributed by atoms with Gasteiger partial charge in [-0.05, 0) is 43.7 Å². The number of hydrogen-bond donors (Lipinski definition) is 0. The van der Waals surface area contributed by atoms with Crippen molar-refractivity contribution < 1.29 is 23.8 Å². The summed E-state index contributed by atoms with van der Waals surface area (Å²) >= 11 is 0. The predicted octanol–water partition coefficient (Wildman–Crippen LogP) is 3.63. The van der Waals surface area contributed by atoms with Gasteiger partial charge in [-0.1, -0.05) is 24.3 Å². The zero-order chi connectivity index (χ0) is 17.2. The van der Waals surface area contributed by atoms with E-state index in [9.17, 15) is 9.59 Å². The number of ether oxygens (including phenoxy) is 3. The van der Waals surface area contributed by atoms with E-state index < -0.39 is 5.97 Å². The van der Waals surface area contributed by atoms with E-state index in [1.54, 1.807) is 25.1 Å². The molecule has 2 aromatic carbocycles. The average Bonchev–Trinajstić information content (AvgIpc) is 2.60. The monoisotopic (exact) mass is 328 g/mol. The Labute approximate surface area is 141 Å². The molecule has 24 heavy (non-hydrogen) atoms. The summed E-state index contributed by atoms with van der Waals surface area (Å²) in [5, 5.41) is 0. The molecule has 0 aromatic heterocycles. The molecule has 0 N–H and O–H groups in total. The maximum Gasteiger partial charge on any atom is 0.338 e. The van der Waals surface area contributed by atoms with Gasteiger partial charge in [0.1, 0.15) is 11.5 Å². The lowest BCUT2D eigenvalue weighted by atomic mass is 10.2. The number of esters is 2. The van der Waals surface area contributed by atoms with Gasteiger partial charge in [0, 0.05) is 6.42 Å². The Morgan fingerprint density at radius 1 is 0.958 bits per heavy atom. The van der Waals surface area contributed by atoms with Gasteiger partial charge in [0.2, 0.25) is 0 Å². The topological polar surface area (TPSA) is 61.8 Å². The molecule has 0 aliphatic heterocycles. The van der Waals surface area contributed by atoms with Crippen molar-refractivity contribution in [3.8, 4) is 11.5 Å². The van der Waals surface area contributed by atoms with E-state index in [4.69, 9.17) is 14.2 Å². The number of rotatable bonds is 8. The molecule has 0 aliphatic carbocycles. The van der Waals surface area contributed by atoms with Gasteiger partial charge in [0.15, 0.2) is 0 Å². The van der Waals surface area contributed by atoms with Gasteiger partial charge in [0.05, 0.1) is 18.8 Å². The number of benzene rings is 2. The quantitative estimate of drug-likeness (QED) is 0.421. The lowest BCUT2D eigenvalue weighted by Crippen LogP contribution is -2.11. The molecule has 0 saturated heterocycles. The van der Waals surface area contributed by atoms with E-state index in [1.165, 1.54) is 6.07 Å². The van der Waals surface area contributed by atoms with Crippen LogP contribution >= 0.6 is 0 Å². The van der Waals surface area contributed by atoms with Crippen LogP contribution in [0.3, 0.4) is 0 Å². The van der Waals surface area contributed by atoms with Crippen LogP contribution in [0.25, 0.3) is 0 Å². The zero-order valence-corrected chi connectivity index (χ0v) is 13.6. The Bertz CT molecular complexity index is 666. The number of hydrogen-bond acceptors (Lipinski definition) is 5. The molecule has 0 spiro atoms. The molecule has 0 atom stereocenters. The summed E-state index contributed by atoms with van der Waals surface area (Å²) in [6.07, 6.45) is 0.780. The van der Waals surface area contributed by atoms with E-state index in [0.29, 0.717) is 30.9 Å². The van der Waals surface area contributed by atoms with Crippen molar-refractivity contribution in [3.63, 3.8) is 0 Å². The van der Waals surface area contributed by atoms with Crippen LogP contribution in [0.4, 0.5) is 0 Å². The summed E-state index contributed by atoms with van der Waals surface area (Å²) in [7, 11) is 0. The molecule has 5 nitrogen and oxygen atoms in total. The summed E-state index contributed by atoms with van der Waals surface area (Å²) in [5.41, 5.74) is 0.356. The lowest BCUT2D eigenvalue weighted by molar-refractivity contribution is -0.134. The van der Waals surface area contributed by atoms with E-state index in [-0.39, 0.29) is 12.4 Å². The van der Waals surface area contributed by atoms with Crippen LogP contribution in [0.2, 0.25) is 0 Å². The third kappa shape index (κ3) is 5.76. The SMILES string of the molecule is CCOC(=O)c1cccc(OC(=O)CCCOc2ccccc2)c1. The normalized spacial score (nSPS) is 10.0. The molecular formula is C19H20O5.